The predicted octanol–water partition coefficient (Wildman–Crippen LogP) is 4.77. The van der Waals surface area contributed by atoms with Crippen LogP contribution in [0, 0.1) is 5.82 Å². The Bertz CT molecular complexity index is 586. The Morgan fingerprint density at radius 3 is 2.60 bits per heavy atom. The molecule has 4 heteroatoms. The molecule has 2 nitrogen and oxygen atoms in total. The van der Waals surface area contributed by atoms with Gasteiger partial charge in [0.2, 0.25) is 0 Å². The first kappa shape index (κ1) is 14.8. The average Bonchev–Trinajstić information content (AvgIpc) is 2.41. The predicted molar refractivity (Wildman–Crippen MR) is 79.9 cm³/mol. The molecule has 0 saturated carbocycles. The summed E-state index contributed by atoms with van der Waals surface area (Å²) in [4.78, 5) is 0. The Kier molecular flexibility index (Phi) is 4.99. The van der Waals surface area contributed by atoms with E-state index in [0.717, 1.165) is 12.1 Å². The Hall–Kier alpha value is -1.58. The van der Waals surface area contributed by atoms with E-state index in [-0.39, 0.29) is 5.02 Å². The maximum atomic E-state index is 13.3. The van der Waals surface area contributed by atoms with Crippen LogP contribution in [0.5, 0.6) is 11.5 Å². The summed E-state index contributed by atoms with van der Waals surface area (Å²) in [5, 5.41) is 3.43. The first-order valence-electron chi connectivity index (χ1n) is 6.50. The van der Waals surface area contributed by atoms with Crippen molar-refractivity contribution in [3.05, 3.63) is 58.9 Å². The third kappa shape index (κ3) is 4.22. The van der Waals surface area contributed by atoms with Gasteiger partial charge in [-0.25, -0.2) is 4.39 Å². The van der Waals surface area contributed by atoms with Crippen LogP contribution in [0.15, 0.2) is 42.5 Å². The molecule has 0 radical (unpaired) electrons. The van der Waals surface area contributed by atoms with Crippen LogP contribution < -0.4 is 10.1 Å². The Morgan fingerprint density at radius 1 is 1.15 bits per heavy atom. The molecule has 0 fully saturated rings. The van der Waals surface area contributed by atoms with Gasteiger partial charge in [-0.3, -0.25) is 0 Å². The van der Waals surface area contributed by atoms with Crippen LogP contribution in [0.25, 0.3) is 0 Å². The molecule has 2 rings (SSSR count). The first-order chi connectivity index (χ1) is 9.54. The number of nitrogens with one attached hydrogen (secondary N) is 1. The maximum absolute atomic E-state index is 13.3. The fourth-order valence-corrected chi connectivity index (χ4v) is 1.83. The molecule has 0 amide bonds. The summed E-state index contributed by atoms with van der Waals surface area (Å²) in [6.45, 7) is 4.96. The van der Waals surface area contributed by atoms with E-state index in [9.17, 15) is 4.39 Å². The first-order valence-corrected chi connectivity index (χ1v) is 6.87. The van der Waals surface area contributed by atoms with Crippen molar-refractivity contribution >= 4 is 11.6 Å². The van der Waals surface area contributed by atoms with Gasteiger partial charge in [0, 0.05) is 18.7 Å². The third-order valence-corrected chi connectivity index (χ3v) is 3.05. The summed E-state index contributed by atoms with van der Waals surface area (Å²) in [6.07, 6.45) is 0. The molecule has 0 bridgehead atoms. The molecule has 0 unspecified atom stereocenters. The molecule has 0 aliphatic carbocycles. The molecule has 106 valence electrons. The molecule has 0 aliphatic heterocycles. The highest BCUT2D eigenvalue weighted by Crippen LogP contribution is 2.26. The number of hydrogen-bond acceptors (Lipinski definition) is 2. The highest BCUT2D eigenvalue weighted by atomic mass is 35.5. The zero-order valence-electron chi connectivity index (χ0n) is 11.5. The smallest absolute Gasteiger partial charge is 0.145 e. The monoisotopic (exact) mass is 293 g/mol. The normalized spacial score (nSPS) is 10.8. The van der Waals surface area contributed by atoms with Crippen molar-refractivity contribution in [1.29, 1.82) is 0 Å². The van der Waals surface area contributed by atoms with E-state index in [1.54, 1.807) is 6.07 Å². The van der Waals surface area contributed by atoms with Crippen LogP contribution in [0.3, 0.4) is 0 Å². The average molecular weight is 294 g/mol. The summed E-state index contributed by atoms with van der Waals surface area (Å²) < 4.78 is 19.0. The molecule has 0 heterocycles. The minimum Gasteiger partial charge on any atom is -0.457 e. The number of hydrogen-bond donors (Lipinski definition) is 1. The van der Waals surface area contributed by atoms with Crippen molar-refractivity contribution in [2.75, 3.05) is 0 Å². The summed E-state index contributed by atoms with van der Waals surface area (Å²) >= 11 is 5.64. The highest BCUT2D eigenvalue weighted by Gasteiger charge is 2.04. The Balaban J connectivity index is 2.08. The molecular formula is C16H17ClFNO. The van der Waals surface area contributed by atoms with E-state index in [1.807, 2.05) is 24.3 Å². The molecule has 0 spiro atoms. The fraction of sp³-hybridized carbons (Fsp3) is 0.250. The third-order valence-electron chi connectivity index (χ3n) is 2.74. The molecule has 0 aromatic heterocycles. The number of benzene rings is 2. The molecule has 2 aromatic rings. The van der Waals surface area contributed by atoms with Gasteiger partial charge < -0.3 is 10.1 Å². The van der Waals surface area contributed by atoms with E-state index >= 15 is 0 Å². The lowest BCUT2D eigenvalue weighted by Gasteiger charge is -2.10. The number of ether oxygens (including phenoxy) is 1. The maximum Gasteiger partial charge on any atom is 0.145 e. The zero-order chi connectivity index (χ0) is 14.5. The second-order valence-corrected chi connectivity index (χ2v) is 5.27. The van der Waals surface area contributed by atoms with E-state index in [0.29, 0.717) is 17.5 Å². The molecule has 0 aliphatic rings. The fourth-order valence-electron chi connectivity index (χ4n) is 1.72. The lowest BCUT2D eigenvalue weighted by Crippen LogP contribution is -2.21. The highest BCUT2D eigenvalue weighted by molar-refractivity contribution is 6.30. The summed E-state index contributed by atoms with van der Waals surface area (Å²) in [5.74, 6) is 0.623. The molecule has 0 atom stereocenters. The van der Waals surface area contributed by atoms with Crippen molar-refractivity contribution < 1.29 is 9.13 Å². The van der Waals surface area contributed by atoms with Crippen LogP contribution in [0.2, 0.25) is 5.02 Å². The van der Waals surface area contributed by atoms with Crippen molar-refractivity contribution in [2.24, 2.45) is 0 Å². The van der Waals surface area contributed by atoms with E-state index in [1.165, 1.54) is 12.1 Å². The van der Waals surface area contributed by atoms with Gasteiger partial charge in [0.25, 0.3) is 0 Å². The number of halogens is 2. The summed E-state index contributed by atoms with van der Waals surface area (Å²) in [5.41, 5.74) is 1.12. The van der Waals surface area contributed by atoms with Gasteiger partial charge in [0.15, 0.2) is 0 Å². The molecule has 1 N–H and O–H groups in total. The minimum absolute atomic E-state index is 0.0900. The zero-order valence-corrected chi connectivity index (χ0v) is 12.2. The SMILES string of the molecule is CC(C)NCc1cccc(Oc2ccc(Cl)c(F)c2)c1. The standard InChI is InChI=1S/C16H17ClFNO/c1-11(2)19-10-12-4-3-5-13(8-12)20-14-6-7-15(17)16(18)9-14/h3-9,11,19H,10H2,1-2H3. The Morgan fingerprint density at radius 2 is 1.90 bits per heavy atom. The topological polar surface area (TPSA) is 21.3 Å². The summed E-state index contributed by atoms with van der Waals surface area (Å²) in [7, 11) is 0. The quantitative estimate of drug-likeness (QED) is 0.857. The van der Waals surface area contributed by atoms with Gasteiger partial charge in [-0.15, -0.1) is 0 Å². The van der Waals surface area contributed by atoms with E-state index in [4.69, 9.17) is 16.3 Å². The van der Waals surface area contributed by atoms with Gasteiger partial charge >= 0.3 is 0 Å². The summed E-state index contributed by atoms with van der Waals surface area (Å²) in [6, 6.07) is 12.5. The van der Waals surface area contributed by atoms with Crippen molar-refractivity contribution in [1.82, 2.24) is 5.32 Å². The van der Waals surface area contributed by atoms with Crippen molar-refractivity contribution in [2.45, 2.75) is 26.4 Å². The van der Waals surface area contributed by atoms with E-state index in [2.05, 4.69) is 19.2 Å². The Labute approximate surface area is 123 Å². The van der Waals surface area contributed by atoms with Gasteiger partial charge in [0.05, 0.1) is 5.02 Å². The van der Waals surface area contributed by atoms with Crippen LogP contribution in [-0.2, 0) is 6.54 Å². The van der Waals surface area contributed by atoms with Gasteiger partial charge in [-0.1, -0.05) is 37.6 Å². The lowest BCUT2D eigenvalue weighted by atomic mass is 10.2. The van der Waals surface area contributed by atoms with Crippen LogP contribution >= 0.6 is 11.6 Å². The number of rotatable bonds is 5. The van der Waals surface area contributed by atoms with Gasteiger partial charge in [-0.2, -0.15) is 0 Å². The molecule has 2 aromatic carbocycles. The molecular weight excluding hydrogens is 277 g/mol. The minimum atomic E-state index is -0.484. The van der Waals surface area contributed by atoms with E-state index < -0.39 is 5.82 Å². The van der Waals surface area contributed by atoms with Gasteiger partial charge in [0.1, 0.15) is 17.3 Å². The van der Waals surface area contributed by atoms with Crippen LogP contribution in [0.1, 0.15) is 19.4 Å². The largest absolute Gasteiger partial charge is 0.457 e. The van der Waals surface area contributed by atoms with Crippen LogP contribution in [0.4, 0.5) is 4.39 Å². The molecule has 20 heavy (non-hydrogen) atoms. The lowest BCUT2D eigenvalue weighted by molar-refractivity contribution is 0.475. The second kappa shape index (κ2) is 6.73. The van der Waals surface area contributed by atoms with Crippen molar-refractivity contribution in [3.8, 4) is 11.5 Å². The van der Waals surface area contributed by atoms with Crippen molar-refractivity contribution in [3.63, 3.8) is 0 Å². The van der Waals surface area contributed by atoms with Gasteiger partial charge in [-0.05, 0) is 29.8 Å². The van der Waals surface area contributed by atoms with Crippen LogP contribution in [-0.4, -0.2) is 6.04 Å². The molecule has 0 saturated heterocycles. The second-order valence-electron chi connectivity index (χ2n) is 4.86.